The Morgan fingerprint density at radius 3 is 2.50 bits per heavy atom. The number of pyridine rings is 1. The van der Waals surface area contributed by atoms with E-state index in [1.807, 2.05) is 18.5 Å². The summed E-state index contributed by atoms with van der Waals surface area (Å²) in [7, 11) is 0. The van der Waals surface area contributed by atoms with Crippen LogP contribution in [0.4, 0.5) is 17.5 Å². The molecule has 0 spiro atoms. The summed E-state index contributed by atoms with van der Waals surface area (Å²) in [5.74, 6) is 3.33. The quantitative estimate of drug-likeness (QED) is 0.601. The molecule has 4 aliphatic rings. The lowest BCUT2D eigenvalue weighted by Gasteiger charge is -2.29. The molecule has 0 atom stereocenters. The third-order valence-corrected chi connectivity index (χ3v) is 7.86. The molecule has 8 heteroatoms. The molecule has 0 amide bonds. The van der Waals surface area contributed by atoms with Gasteiger partial charge in [0.15, 0.2) is 0 Å². The third kappa shape index (κ3) is 3.64. The first-order chi connectivity index (χ1) is 16.8. The number of anilines is 3. The van der Waals surface area contributed by atoms with Gasteiger partial charge in [0.1, 0.15) is 17.3 Å². The largest absolute Gasteiger partial charge is 0.368 e. The molecule has 7 rings (SSSR count). The highest BCUT2D eigenvalue weighted by atomic mass is 15.2. The van der Waals surface area contributed by atoms with E-state index in [0.29, 0.717) is 17.9 Å². The molecule has 0 bridgehead atoms. The Morgan fingerprint density at radius 2 is 1.74 bits per heavy atom. The maximum atomic E-state index is 5.23. The average molecular weight is 457 g/mol. The molecule has 0 radical (unpaired) electrons. The van der Waals surface area contributed by atoms with Gasteiger partial charge in [-0.05, 0) is 56.2 Å². The van der Waals surface area contributed by atoms with E-state index in [0.717, 1.165) is 61.9 Å². The number of aryl methyl sites for hydroxylation is 1. The maximum Gasteiger partial charge on any atom is 0.228 e. The van der Waals surface area contributed by atoms with E-state index in [4.69, 9.17) is 9.97 Å². The smallest absolute Gasteiger partial charge is 0.228 e. The highest BCUT2D eigenvalue weighted by molar-refractivity contribution is 5.67. The predicted molar refractivity (Wildman–Crippen MR) is 133 cm³/mol. The summed E-state index contributed by atoms with van der Waals surface area (Å²) in [5.41, 5.74) is 5.88. The Morgan fingerprint density at radius 1 is 0.882 bits per heavy atom. The first kappa shape index (κ1) is 20.4. The van der Waals surface area contributed by atoms with Gasteiger partial charge in [0.05, 0.1) is 17.6 Å². The molecule has 0 aromatic carbocycles. The minimum absolute atomic E-state index is 0.595. The van der Waals surface area contributed by atoms with Crippen molar-refractivity contribution in [3.05, 3.63) is 41.6 Å². The third-order valence-electron chi connectivity index (χ3n) is 7.86. The Bertz CT molecular complexity index is 1180. The van der Waals surface area contributed by atoms with Crippen molar-refractivity contribution in [1.29, 1.82) is 0 Å². The van der Waals surface area contributed by atoms with Crippen molar-refractivity contribution < 1.29 is 0 Å². The predicted octanol–water partition coefficient (Wildman–Crippen LogP) is 3.98. The number of nitrogens with zero attached hydrogens (tertiary/aromatic N) is 6. The van der Waals surface area contributed by atoms with Crippen LogP contribution in [-0.2, 0) is 12.8 Å². The van der Waals surface area contributed by atoms with Crippen LogP contribution in [0.2, 0.25) is 0 Å². The molecule has 1 saturated heterocycles. The zero-order valence-corrected chi connectivity index (χ0v) is 19.6. The lowest BCUT2D eigenvalue weighted by Crippen LogP contribution is -2.43. The molecule has 4 heterocycles. The molecule has 2 N–H and O–H groups in total. The van der Waals surface area contributed by atoms with Crippen LogP contribution < -0.4 is 15.5 Å². The van der Waals surface area contributed by atoms with Crippen LogP contribution in [0.5, 0.6) is 0 Å². The summed E-state index contributed by atoms with van der Waals surface area (Å²) >= 11 is 0. The number of rotatable bonds is 5. The second-order valence-corrected chi connectivity index (χ2v) is 10.2. The second-order valence-electron chi connectivity index (χ2n) is 10.2. The van der Waals surface area contributed by atoms with Gasteiger partial charge in [-0.1, -0.05) is 12.8 Å². The average Bonchev–Trinajstić information content (AvgIpc) is 3.44. The molecule has 3 aliphatic carbocycles. The van der Waals surface area contributed by atoms with Crippen LogP contribution in [0.3, 0.4) is 0 Å². The Hall–Kier alpha value is -3.00. The van der Waals surface area contributed by atoms with Gasteiger partial charge in [-0.25, -0.2) is 19.9 Å². The molecular weight excluding hydrogens is 424 g/mol. The molecule has 34 heavy (non-hydrogen) atoms. The lowest BCUT2D eigenvalue weighted by molar-refractivity contribution is 0.480. The van der Waals surface area contributed by atoms with Crippen LogP contribution in [0, 0.1) is 0 Å². The summed E-state index contributed by atoms with van der Waals surface area (Å²) in [6.07, 6.45) is 13.8. The van der Waals surface area contributed by atoms with E-state index in [1.165, 1.54) is 55.6 Å². The minimum atomic E-state index is 0.595. The number of piperazine rings is 1. The van der Waals surface area contributed by atoms with Crippen LogP contribution in [-0.4, -0.2) is 50.7 Å². The number of hydrogen-bond donors (Lipinski definition) is 2. The topological polar surface area (TPSA) is 83.8 Å². The van der Waals surface area contributed by atoms with Crippen molar-refractivity contribution in [1.82, 2.24) is 29.8 Å². The van der Waals surface area contributed by atoms with Crippen molar-refractivity contribution in [3.8, 4) is 11.4 Å². The fourth-order valence-corrected chi connectivity index (χ4v) is 5.91. The molecule has 0 unspecified atom stereocenters. The van der Waals surface area contributed by atoms with E-state index >= 15 is 0 Å². The van der Waals surface area contributed by atoms with Gasteiger partial charge >= 0.3 is 0 Å². The number of imidazole rings is 1. The summed E-state index contributed by atoms with van der Waals surface area (Å²) in [6.45, 7) is 4.07. The van der Waals surface area contributed by atoms with E-state index in [2.05, 4.69) is 36.1 Å². The van der Waals surface area contributed by atoms with Gasteiger partial charge in [-0.3, -0.25) is 0 Å². The number of fused-ring (bicyclic) bond motifs is 3. The van der Waals surface area contributed by atoms with Gasteiger partial charge in [0, 0.05) is 50.0 Å². The van der Waals surface area contributed by atoms with Crippen molar-refractivity contribution in [2.75, 3.05) is 36.4 Å². The SMILES string of the molecule is c1cc(Nc2ncc3c(n2)-c2nc(C4CC4)n(C4CCCC4)c2CC3)ncc1N1CCNCC1. The molecule has 8 nitrogen and oxygen atoms in total. The van der Waals surface area contributed by atoms with Gasteiger partial charge in [-0.15, -0.1) is 0 Å². The first-order valence-corrected chi connectivity index (χ1v) is 13.0. The molecule has 3 aromatic rings. The summed E-state index contributed by atoms with van der Waals surface area (Å²) in [4.78, 5) is 21.8. The molecule has 3 fully saturated rings. The molecular formula is C26H32N8. The number of nitrogens with one attached hydrogen (secondary N) is 2. The van der Waals surface area contributed by atoms with Crippen molar-refractivity contribution in [3.63, 3.8) is 0 Å². The van der Waals surface area contributed by atoms with E-state index < -0.39 is 0 Å². The van der Waals surface area contributed by atoms with Crippen LogP contribution in [0.15, 0.2) is 24.5 Å². The zero-order chi connectivity index (χ0) is 22.5. The van der Waals surface area contributed by atoms with Crippen molar-refractivity contribution in [2.45, 2.75) is 63.3 Å². The van der Waals surface area contributed by atoms with E-state index in [9.17, 15) is 0 Å². The zero-order valence-electron chi connectivity index (χ0n) is 19.6. The summed E-state index contributed by atoms with van der Waals surface area (Å²) in [6, 6.07) is 4.78. The van der Waals surface area contributed by atoms with E-state index in [-0.39, 0.29) is 0 Å². The van der Waals surface area contributed by atoms with Crippen LogP contribution in [0.25, 0.3) is 11.4 Å². The minimum Gasteiger partial charge on any atom is -0.368 e. The lowest BCUT2D eigenvalue weighted by atomic mass is 9.97. The van der Waals surface area contributed by atoms with Gasteiger partial charge in [-0.2, -0.15) is 0 Å². The first-order valence-electron chi connectivity index (χ1n) is 13.0. The Labute approximate surface area is 200 Å². The molecule has 2 saturated carbocycles. The highest BCUT2D eigenvalue weighted by Gasteiger charge is 2.36. The summed E-state index contributed by atoms with van der Waals surface area (Å²) < 4.78 is 2.63. The van der Waals surface area contributed by atoms with Gasteiger partial charge < -0.3 is 20.1 Å². The van der Waals surface area contributed by atoms with Crippen LogP contribution in [0.1, 0.15) is 67.6 Å². The molecule has 3 aromatic heterocycles. The Balaban J connectivity index is 1.18. The molecule has 176 valence electrons. The monoisotopic (exact) mass is 456 g/mol. The molecule has 1 aliphatic heterocycles. The highest BCUT2D eigenvalue weighted by Crippen LogP contribution is 2.46. The standard InChI is InChI=1S/C26H32N8/c1-2-4-19(3-1)34-21-9-7-18-15-29-26(32-23(18)24(21)31-25(34)17-5-6-17)30-22-10-8-20(16-28-22)33-13-11-27-12-14-33/h8,10,15-17,19,27H,1-7,9,11-14H2,(H,28,29,30,32). The van der Waals surface area contributed by atoms with Crippen LogP contribution >= 0.6 is 0 Å². The van der Waals surface area contributed by atoms with Crippen molar-refractivity contribution in [2.24, 2.45) is 0 Å². The van der Waals surface area contributed by atoms with Gasteiger partial charge in [0.2, 0.25) is 5.95 Å². The van der Waals surface area contributed by atoms with Gasteiger partial charge in [0.25, 0.3) is 0 Å². The van der Waals surface area contributed by atoms with E-state index in [1.54, 1.807) is 0 Å². The number of aromatic nitrogens is 5. The fourth-order valence-electron chi connectivity index (χ4n) is 5.91. The number of hydrogen-bond acceptors (Lipinski definition) is 7. The normalized spacial score (nSPS) is 20.3. The van der Waals surface area contributed by atoms with Crippen molar-refractivity contribution >= 4 is 17.5 Å². The summed E-state index contributed by atoms with van der Waals surface area (Å²) in [5, 5.41) is 6.72. The maximum absolute atomic E-state index is 5.23. The second kappa shape index (κ2) is 8.34. The Kier molecular flexibility index (Phi) is 5.00. The fraction of sp³-hybridized carbons (Fsp3) is 0.538.